The maximum Gasteiger partial charge on any atom is 0.279 e. The summed E-state index contributed by atoms with van der Waals surface area (Å²) in [6, 6.07) is 5.71. The van der Waals surface area contributed by atoms with E-state index in [4.69, 9.17) is 4.55 Å². The van der Waals surface area contributed by atoms with Crippen LogP contribution in [0.2, 0.25) is 0 Å². The Bertz CT molecular complexity index is 539. The van der Waals surface area contributed by atoms with E-state index in [0.717, 1.165) is 5.56 Å². The van der Waals surface area contributed by atoms with E-state index in [0.29, 0.717) is 0 Å². The Labute approximate surface area is 88.4 Å². The molecule has 15 heavy (non-hydrogen) atoms. The Morgan fingerprint density at radius 1 is 1.07 bits per heavy atom. The van der Waals surface area contributed by atoms with Crippen molar-refractivity contribution in [1.29, 1.82) is 0 Å². The third-order valence-electron chi connectivity index (χ3n) is 1.68. The molecule has 0 bridgehead atoms. The highest BCUT2D eigenvalue weighted by Gasteiger charge is 2.21. The molecule has 0 aliphatic carbocycles. The molecule has 0 heterocycles. The van der Waals surface area contributed by atoms with Gasteiger partial charge in [-0.1, -0.05) is 17.7 Å². The first-order valence-corrected chi connectivity index (χ1v) is 7.21. The van der Waals surface area contributed by atoms with Crippen LogP contribution < -0.4 is 0 Å². The summed E-state index contributed by atoms with van der Waals surface area (Å²) in [7, 11) is -8.50. The molecule has 1 rings (SSSR count). The van der Waals surface area contributed by atoms with E-state index in [1.807, 2.05) is 0 Å². The molecule has 1 aromatic carbocycles. The van der Waals surface area contributed by atoms with Crippen molar-refractivity contribution in [3.63, 3.8) is 0 Å². The summed E-state index contributed by atoms with van der Waals surface area (Å²) in [5, 5.41) is -1.29. The van der Waals surface area contributed by atoms with Crippen LogP contribution in [0.25, 0.3) is 0 Å². The summed E-state index contributed by atoms with van der Waals surface area (Å²) >= 11 is 0. The van der Waals surface area contributed by atoms with Gasteiger partial charge in [0, 0.05) is 0 Å². The van der Waals surface area contributed by atoms with Crippen molar-refractivity contribution >= 4 is 20.0 Å². The van der Waals surface area contributed by atoms with Gasteiger partial charge < -0.3 is 0 Å². The molecule has 1 N–H and O–H groups in total. The van der Waals surface area contributed by atoms with Gasteiger partial charge in [0.05, 0.1) is 4.90 Å². The predicted octanol–water partition coefficient (Wildman–Crippen LogP) is 0.614. The number of aryl methyl sites for hydroxylation is 1. The number of hydrogen-bond donors (Lipinski definition) is 1. The van der Waals surface area contributed by atoms with E-state index >= 15 is 0 Å². The van der Waals surface area contributed by atoms with Gasteiger partial charge in [0.15, 0.2) is 14.9 Å². The monoisotopic (exact) mass is 250 g/mol. The standard InChI is InChI=1S/C8H10O5S2/c1-7-2-4-8(5-3-7)14(9,10)6-15(11,12)13/h2-5H,6H2,1H3,(H,11,12,13). The lowest BCUT2D eigenvalue weighted by Gasteiger charge is -2.02. The molecule has 0 spiro atoms. The van der Waals surface area contributed by atoms with E-state index in [1.165, 1.54) is 12.1 Å². The van der Waals surface area contributed by atoms with Gasteiger partial charge in [0.1, 0.15) is 0 Å². The zero-order valence-corrected chi connectivity index (χ0v) is 9.55. The molecule has 0 atom stereocenters. The van der Waals surface area contributed by atoms with Crippen LogP contribution in [0.15, 0.2) is 29.2 Å². The van der Waals surface area contributed by atoms with E-state index in [9.17, 15) is 16.8 Å². The average Bonchev–Trinajstić information content (AvgIpc) is 2.00. The van der Waals surface area contributed by atoms with Gasteiger partial charge in [0.2, 0.25) is 0 Å². The van der Waals surface area contributed by atoms with Gasteiger partial charge in [-0.05, 0) is 19.1 Å². The Morgan fingerprint density at radius 2 is 1.53 bits per heavy atom. The van der Waals surface area contributed by atoms with E-state index in [-0.39, 0.29) is 4.90 Å². The minimum Gasteiger partial charge on any atom is -0.285 e. The molecule has 0 aromatic heterocycles. The lowest BCUT2D eigenvalue weighted by Crippen LogP contribution is -2.15. The second-order valence-electron chi connectivity index (χ2n) is 3.13. The highest BCUT2D eigenvalue weighted by atomic mass is 32.3. The fourth-order valence-electron chi connectivity index (χ4n) is 1.01. The smallest absolute Gasteiger partial charge is 0.279 e. The number of sulfone groups is 1. The number of hydrogen-bond acceptors (Lipinski definition) is 4. The van der Waals surface area contributed by atoms with Crippen LogP contribution in [-0.4, -0.2) is 26.5 Å². The van der Waals surface area contributed by atoms with Crippen molar-refractivity contribution in [2.24, 2.45) is 0 Å². The Morgan fingerprint density at radius 3 is 1.93 bits per heavy atom. The number of rotatable bonds is 3. The lowest BCUT2D eigenvalue weighted by molar-refractivity contribution is 0.487. The lowest BCUT2D eigenvalue weighted by atomic mass is 10.2. The minimum atomic E-state index is -4.53. The molecular weight excluding hydrogens is 240 g/mol. The Hall–Kier alpha value is -0.920. The second kappa shape index (κ2) is 3.92. The molecular formula is C8H10O5S2. The van der Waals surface area contributed by atoms with Crippen molar-refractivity contribution < 1.29 is 21.4 Å². The molecule has 5 nitrogen and oxygen atoms in total. The van der Waals surface area contributed by atoms with Gasteiger partial charge in [-0.15, -0.1) is 0 Å². The molecule has 0 amide bonds. The van der Waals surface area contributed by atoms with Crippen molar-refractivity contribution in [2.75, 3.05) is 5.08 Å². The van der Waals surface area contributed by atoms with Crippen LogP contribution in [0.3, 0.4) is 0 Å². The molecule has 0 saturated heterocycles. The summed E-state index contributed by atoms with van der Waals surface area (Å²) in [5.74, 6) is 0. The summed E-state index contributed by atoms with van der Waals surface area (Å²) < 4.78 is 52.2. The van der Waals surface area contributed by atoms with Gasteiger partial charge in [-0.3, -0.25) is 4.55 Å². The van der Waals surface area contributed by atoms with Crippen LogP contribution in [0, 0.1) is 6.92 Å². The van der Waals surface area contributed by atoms with Crippen LogP contribution >= 0.6 is 0 Å². The van der Waals surface area contributed by atoms with E-state index in [2.05, 4.69) is 0 Å². The summed E-state index contributed by atoms with van der Waals surface area (Å²) in [6.07, 6.45) is 0. The third kappa shape index (κ3) is 3.61. The van der Waals surface area contributed by atoms with Crippen molar-refractivity contribution in [1.82, 2.24) is 0 Å². The molecule has 84 valence electrons. The van der Waals surface area contributed by atoms with Crippen molar-refractivity contribution in [2.45, 2.75) is 11.8 Å². The van der Waals surface area contributed by atoms with E-state index in [1.54, 1.807) is 19.1 Å². The first-order valence-electron chi connectivity index (χ1n) is 3.95. The maximum atomic E-state index is 11.4. The Balaban J connectivity index is 3.13. The zero-order chi connectivity index (χ0) is 11.7. The zero-order valence-electron chi connectivity index (χ0n) is 7.91. The van der Waals surface area contributed by atoms with Crippen LogP contribution in [0.5, 0.6) is 0 Å². The summed E-state index contributed by atoms with van der Waals surface area (Å²) in [5.41, 5.74) is 0.862. The van der Waals surface area contributed by atoms with Gasteiger partial charge in [0.25, 0.3) is 10.1 Å². The minimum absolute atomic E-state index is 0.120. The molecule has 7 heteroatoms. The molecule has 0 radical (unpaired) electrons. The summed E-state index contributed by atoms with van der Waals surface area (Å²) in [6.45, 7) is 1.78. The van der Waals surface area contributed by atoms with Crippen molar-refractivity contribution in [3.8, 4) is 0 Å². The SMILES string of the molecule is Cc1ccc(S(=O)(=O)CS(=O)(=O)O)cc1. The highest BCUT2D eigenvalue weighted by molar-refractivity contribution is 8.05. The predicted molar refractivity (Wildman–Crippen MR) is 54.8 cm³/mol. The normalized spacial score (nSPS) is 12.7. The number of benzene rings is 1. The highest BCUT2D eigenvalue weighted by Crippen LogP contribution is 2.13. The van der Waals surface area contributed by atoms with Gasteiger partial charge >= 0.3 is 0 Å². The first kappa shape index (κ1) is 12.2. The fraction of sp³-hybridized carbons (Fsp3) is 0.250. The largest absolute Gasteiger partial charge is 0.285 e. The topological polar surface area (TPSA) is 88.5 Å². The van der Waals surface area contributed by atoms with Crippen LogP contribution in [0.4, 0.5) is 0 Å². The molecule has 0 aliphatic rings. The quantitative estimate of drug-likeness (QED) is 0.794. The molecule has 0 aliphatic heterocycles. The first-order chi connectivity index (χ1) is 6.71. The van der Waals surface area contributed by atoms with Crippen molar-refractivity contribution in [3.05, 3.63) is 29.8 Å². The molecule has 1 aromatic rings. The Kier molecular flexibility index (Phi) is 3.17. The van der Waals surface area contributed by atoms with E-state index < -0.39 is 25.0 Å². The molecule has 0 saturated carbocycles. The molecule has 0 fully saturated rings. The van der Waals surface area contributed by atoms with Gasteiger partial charge in [-0.25, -0.2) is 8.42 Å². The molecule has 0 unspecified atom stereocenters. The third-order valence-corrected chi connectivity index (χ3v) is 5.11. The maximum absolute atomic E-state index is 11.4. The van der Waals surface area contributed by atoms with Crippen LogP contribution in [-0.2, 0) is 20.0 Å². The fourth-order valence-corrected chi connectivity index (χ4v) is 3.67. The second-order valence-corrected chi connectivity index (χ2v) is 6.94. The van der Waals surface area contributed by atoms with Crippen LogP contribution in [0.1, 0.15) is 5.56 Å². The average molecular weight is 250 g/mol. The summed E-state index contributed by atoms with van der Waals surface area (Å²) in [4.78, 5) is -0.120. The van der Waals surface area contributed by atoms with Gasteiger partial charge in [-0.2, -0.15) is 8.42 Å².